The van der Waals surface area contributed by atoms with Crippen LogP contribution in [0.5, 0.6) is 0 Å². The third kappa shape index (κ3) is 11.0. The Kier molecular flexibility index (Phi) is 12.8. The van der Waals surface area contributed by atoms with Crippen molar-refractivity contribution in [2.45, 2.75) is 87.5 Å². The van der Waals surface area contributed by atoms with E-state index >= 15 is 0 Å². The van der Waals surface area contributed by atoms with Gasteiger partial charge in [0.2, 0.25) is 23.6 Å². The summed E-state index contributed by atoms with van der Waals surface area (Å²) < 4.78 is -0.635. The zero-order valence-corrected chi connectivity index (χ0v) is 29.4. The van der Waals surface area contributed by atoms with Crippen molar-refractivity contribution in [3.05, 3.63) is 71.8 Å². The largest absolute Gasteiger partial charge is 0.390 e. The lowest BCUT2D eigenvalue weighted by Gasteiger charge is -2.29. The number of hydrogen-bond acceptors (Lipinski definition) is 9. The lowest BCUT2D eigenvalue weighted by Crippen LogP contribution is -2.58. The van der Waals surface area contributed by atoms with E-state index in [1.54, 1.807) is 11.8 Å². The van der Waals surface area contributed by atoms with Crippen molar-refractivity contribution >= 4 is 47.2 Å². The summed E-state index contributed by atoms with van der Waals surface area (Å²) in [5.74, 6) is 0.203. The predicted molar refractivity (Wildman–Crippen MR) is 187 cm³/mol. The number of β-amino-alcohol motifs (C(OH)–C–C–N with tert-alkyl or cyclic N) is 1. The van der Waals surface area contributed by atoms with Crippen LogP contribution in [0.4, 0.5) is 0 Å². The van der Waals surface area contributed by atoms with Crippen LogP contribution in [-0.4, -0.2) is 98.2 Å². The van der Waals surface area contributed by atoms with Crippen LogP contribution in [0.1, 0.15) is 45.7 Å². The topological polar surface area (TPSA) is 152 Å². The Hall–Kier alpha value is -3.10. The Labute approximate surface area is 286 Å². The Balaban J connectivity index is 1.37. The number of nitrogens with zero attached hydrogens (tertiary/aromatic N) is 1. The zero-order valence-electron chi connectivity index (χ0n) is 27.7. The smallest absolute Gasteiger partial charge is 0.245 e. The van der Waals surface area contributed by atoms with Crippen molar-refractivity contribution in [2.24, 2.45) is 0 Å². The molecule has 2 aliphatic heterocycles. The molecule has 0 spiro atoms. The maximum Gasteiger partial charge on any atom is 0.245 e. The van der Waals surface area contributed by atoms with Crippen molar-refractivity contribution in [1.29, 1.82) is 0 Å². The molecule has 47 heavy (non-hydrogen) atoms. The number of rotatable bonds is 13. The number of carbonyl (C=O) groups excluding carboxylic acids is 4. The molecule has 256 valence electrons. The standard InChI is InChI=1S/C34H48N6O5S2/c1-33(2,3)39-29(43)25-20-46-21-40(25)19-24(41)18-36-31(45)28-34(4,5)47-32(38-28)27(30(44)35-17-23-14-10-7-11-15-23)37-26(42)16-22-12-8-6-9-13-22/h6-15,24-25,27-28,32,38,41H,16-21H2,1-5H3,(H,35,44)(H,36,45)(H,37,42)(H,39,43)/t24?,25-,27+,28-,32+/m0/s1. The summed E-state index contributed by atoms with van der Waals surface area (Å²) in [6.07, 6.45) is -0.774. The van der Waals surface area contributed by atoms with Crippen LogP contribution >= 0.6 is 23.5 Å². The second-order valence-corrected chi connectivity index (χ2v) is 16.4. The normalized spacial score (nSPS) is 22.2. The van der Waals surface area contributed by atoms with E-state index in [1.165, 1.54) is 11.8 Å². The average molecular weight is 685 g/mol. The summed E-state index contributed by atoms with van der Waals surface area (Å²) >= 11 is 3.05. The van der Waals surface area contributed by atoms with E-state index in [2.05, 4.69) is 26.6 Å². The van der Waals surface area contributed by atoms with Crippen molar-refractivity contribution in [3.8, 4) is 0 Å². The minimum absolute atomic E-state index is 0.00596. The fourth-order valence-corrected chi connectivity index (χ4v) is 8.24. The molecule has 5 atom stereocenters. The molecule has 4 amide bonds. The maximum absolute atomic E-state index is 13.6. The first-order valence-corrected chi connectivity index (χ1v) is 17.9. The number of nitrogens with one attached hydrogen (secondary N) is 5. The molecule has 11 nitrogen and oxygen atoms in total. The monoisotopic (exact) mass is 684 g/mol. The number of hydrogen-bond donors (Lipinski definition) is 6. The van der Waals surface area contributed by atoms with Crippen LogP contribution in [0.3, 0.4) is 0 Å². The fourth-order valence-electron chi connectivity index (χ4n) is 5.54. The molecular weight excluding hydrogens is 637 g/mol. The van der Waals surface area contributed by atoms with Gasteiger partial charge < -0.3 is 26.4 Å². The van der Waals surface area contributed by atoms with Gasteiger partial charge in [0, 0.05) is 41.5 Å². The Bertz CT molecular complexity index is 1370. The molecule has 0 aliphatic carbocycles. The summed E-state index contributed by atoms with van der Waals surface area (Å²) in [5, 5.41) is 25.3. The first kappa shape index (κ1) is 36.7. The summed E-state index contributed by atoms with van der Waals surface area (Å²) in [7, 11) is 0. The second kappa shape index (κ2) is 16.3. The number of amides is 4. The molecule has 0 aromatic heterocycles. The van der Waals surface area contributed by atoms with Gasteiger partial charge in [-0.15, -0.1) is 23.5 Å². The molecule has 2 heterocycles. The van der Waals surface area contributed by atoms with Gasteiger partial charge in [0.15, 0.2) is 0 Å². The third-order valence-corrected chi connectivity index (χ3v) is 10.4. The molecule has 0 radical (unpaired) electrons. The van der Waals surface area contributed by atoms with Crippen molar-refractivity contribution in [3.63, 3.8) is 0 Å². The second-order valence-electron chi connectivity index (χ2n) is 13.6. The quantitative estimate of drug-likeness (QED) is 0.185. The highest BCUT2D eigenvalue weighted by atomic mass is 32.2. The van der Waals surface area contributed by atoms with Gasteiger partial charge in [0.1, 0.15) is 12.1 Å². The first-order chi connectivity index (χ1) is 22.2. The van der Waals surface area contributed by atoms with Gasteiger partial charge in [-0.25, -0.2) is 0 Å². The van der Waals surface area contributed by atoms with E-state index in [9.17, 15) is 24.3 Å². The van der Waals surface area contributed by atoms with Crippen molar-refractivity contribution < 1.29 is 24.3 Å². The molecule has 4 rings (SSSR count). The van der Waals surface area contributed by atoms with E-state index in [-0.39, 0.29) is 54.7 Å². The van der Waals surface area contributed by atoms with E-state index < -0.39 is 28.3 Å². The van der Waals surface area contributed by atoms with E-state index in [0.717, 1.165) is 11.1 Å². The maximum atomic E-state index is 13.6. The summed E-state index contributed by atoms with van der Waals surface area (Å²) in [6.45, 7) is 10.2. The molecule has 2 aromatic carbocycles. The highest BCUT2D eigenvalue weighted by Crippen LogP contribution is 2.39. The molecule has 2 saturated heterocycles. The number of benzene rings is 2. The van der Waals surface area contributed by atoms with Crippen LogP contribution in [0.25, 0.3) is 0 Å². The number of thioether (sulfide) groups is 2. The summed E-state index contributed by atoms with van der Waals surface area (Å²) in [4.78, 5) is 54.9. The van der Waals surface area contributed by atoms with Gasteiger partial charge in [0.05, 0.1) is 23.9 Å². The van der Waals surface area contributed by atoms with Gasteiger partial charge >= 0.3 is 0 Å². The summed E-state index contributed by atoms with van der Waals surface area (Å²) in [6, 6.07) is 16.8. The van der Waals surface area contributed by atoms with Crippen LogP contribution in [0.15, 0.2) is 60.7 Å². The SMILES string of the molecule is CC(C)(C)NC(=O)[C@@H]1CSCN1CC(O)CNC(=O)[C@@H]1N[C@@H]([C@H](NC(=O)Cc2ccccc2)C(=O)NCc2ccccc2)SC1(C)C. The molecule has 2 fully saturated rings. The zero-order chi connectivity index (χ0) is 34.2. The molecule has 13 heteroatoms. The highest BCUT2D eigenvalue weighted by Gasteiger charge is 2.49. The molecule has 2 aliphatic rings. The number of aliphatic hydroxyl groups is 1. The van der Waals surface area contributed by atoms with E-state index in [4.69, 9.17) is 0 Å². The van der Waals surface area contributed by atoms with Gasteiger partial charge in [-0.2, -0.15) is 0 Å². The molecule has 6 N–H and O–H groups in total. The van der Waals surface area contributed by atoms with Crippen LogP contribution < -0.4 is 26.6 Å². The minimum atomic E-state index is -0.952. The number of aliphatic hydroxyl groups excluding tert-OH is 1. The Morgan fingerprint density at radius 3 is 2.26 bits per heavy atom. The molecule has 1 unspecified atom stereocenters. The van der Waals surface area contributed by atoms with Crippen molar-refractivity contribution in [2.75, 3.05) is 24.7 Å². The third-order valence-electron chi connectivity index (χ3n) is 7.87. The van der Waals surface area contributed by atoms with Gasteiger partial charge in [-0.05, 0) is 45.7 Å². The van der Waals surface area contributed by atoms with Gasteiger partial charge in [-0.3, -0.25) is 29.4 Å². The van der Waals surface area contributed by atoms with Gasteiger partial charge in [-0.1, -0.05) is 60.7 Å². The molecule has 0 saturated carbocycles. The van der Waals surface area contributed by atoms with E-state index in [1.807, 2.05) is 100 Å². The molecule has 0 bridgehead atoms. The predicted octanol–water partition coefficient (Wildman–Crippen LogP) is 1.61. The van der Waals surface area contributed by atoms with Crippen LogP contribution in [-0.2, 0) is 32.1 Å². The van der Waals surface area contributed by atoms with E-state index in [0.29, 0.717) is 18.2 Å². The highest BCUT2D eigenvalue weighted by molar-refractivity contribution is 8.01. The van der Waals surface area contributed by atoms with Crippen LogP contribution in [0, 0.1) is 0 Å². The van der Waals surface area contributed by atoms with Gasteiger partial charge in [0.25, 0.3) is 0 Å². The lowest BCUT2D eigenvalue weighted by molar-refractivity contribution is -0.129. The minimum Gasteiger partial charge on any atom is -0.390 e. The van der Waals surface area contributed by atoms with Crippen LogP contribution in [0.2, 0.25) is 0 Å². The lowest BCUT2D eigenvalue weighted by atomic mass is 10.0. The number of carbonyl (C=O) groups is 4. The molecule has 2 aromatic rings. The summed E-state index contributed by atoms with van der Waals surface area (Å²) in [5.41, 5.74) is 1.39. The first-order valence-electron chi connectivity index (χ1n) is 15.9. The molecular formula is C34H48N6O5S2. The Morgan fingerprint density at radius 2 is 1.62 bits per heavy atom. The fraction of sp³-hybridized carbons (Fsp3) is 0.529. The average Bonchev–Trinajstić information content (AvgIpc) is 3.60. The Morgan fingerprint density at radius 1 is 0.979 bits per heavy atom. The van der Waals surface area contributed by atoms with Crippen molar-refractivity contribution in [1.82, 2.24) is 31.5 Å².